The second-order valence-electron chi connectivity index (χ2n) is 5.40. The summed E-state index contributed by atoms with van der Waals surface area (Å²) in [6.45, 7) is 5.28. The third-order valence-corrected chi connectivity index (χ3v) is 4.16. The number of nitrogens with one attached hydrogen (secondary N) is 1. The minimum absolute atomic E-state index is 0.231. The molecule has 0 aliphatic carbocycles. The van der Waals surface area contributed by atoms with Gasteiger partial charge in [0.2, 0.25) is 0 Å². The Hall–Kier alpha value is -1.75. The van der Waals surface area contributed by atoms with Gasteiger partial charge in [-0.2, -0.15) is 0 Å². The molecular formula is C19H21Cl2NO3. The summed E-state index contributed by atoms with van der Waals surface area (Å²) in [6, 6.07) is 12.1. The monoisotopic (exact) mass is 381 g/mol. The molecule has 4 nitrogen and oxygen atoms in total. The van der Waals surface area contributed by atoms with E-state index in [9.17, 15) is 4.79 Å². The largest absolute Gasteiger partial charge is 0.490 e. The second kappa shape index (κ2) is 9.66. The van der Waals surface area contributed by atoms with Crippen LogP contribution in [0.25, 0.3) is 0 Å². The lowest BCUT2D eigenvalue weighted by Gasteiger charge is -2.17. The molecule has 1 N–H and O–H groups in total. The molecule has 0 radical (unpaired) electrons. The lowest BCUT2D eigenvalue weighted by Crippen LogP contribution is -2.27. The maximum absolute atomic E-state index is 12.6. The van der Waals surface area contributed by atoms with E-state index in [1.54, 1.807) is 36.4 Å². The van der Waals surface area contributed by atoms with Crippen LogP contribution in [0.4, 0.5) is 0 Å². The summed E-state index contributed by atoms with van der Waals surface area (Å²) in [6.07, 6.45) is 0. The molecule has 0 saturated carbocycles. The first-order chi connectivity index (χ1) is 12.0. The minimum Gasteiger partial charge on any atom is -0.490 e. The summed E-state index contributed by atoms with van der Waals surface area (Å²) in [5.41, 5.74) is 1.27. The molecule has 0 aromatic heterocycles. The summed E-state index contributed by atoms with van der Waals surface area (Å²) in [4.78, 5) is 12.6. The lowest BCUT2D eigenvalue weighted by molar-refractivity contribution is 0.0923. The number of hydrogen-bond acceptors (Lipinski definition) is 3. The fourth-order valence-electron chi connectivity index (χ4n) is 2.34. The predicted molar refractivity (Wildman–Crippen MR) is 101 cm³/mol. The van der Waals surface area contributed by atoms with Crippen LogP contribution in [0.15, 0.2) is 42.5 Å². The molecule has 0 aliphatic heterocycles. The standard InChI is InChI=1S/C19H21Cl2NO3/c1-3-24-10-11-25-18-7-5-4-6-16(18)19(23)22-13(2)15-9-8-14(20)12-17(15)21/h4-9,12-13H,3,10-11H2,1-2H3,(H,22,23). The van der Waals surface area contributed by atoms with Gasteiger partial charge in [0.15, 0.2) is 0 Å². The van der Waals surface area contributed by atoms with Gasteiger partial charge in [-0.3, -0.25) is 4.79 Å². The quantitative estimate of drug-likeness (QED) is 0.661. The molecule has 2 rings (SSSR count). The number of carbonyl (C=O) groups is 1. The van der Waals surface area contributed by atoms with E-state index in [2.05, 4.69) is 5.32 Å². The highest BCUT2D eigenvalue weighted by atomic mass is 35.5. The van der Waals surface area contributed by atoms with E-state index < -0.39 is 0 Å². The average Bonchev–Trinajstić information content (AvgIpc) is 2.59. The number of para-hydroxylation sites is 1. The van der Waals surface area contributed by atoms with E-state index in [-0.39, 0.29) is 11.9 Å². The summed E-state index contributed by atoms with van der Waals surface area (Å²) in [5.74, 6) is 0.291. The Kier molecular flexibility index (Phi) is 7.56. The number of hydrogen-bond donors (Lipinski definition) is 1. The van der Waals surface area contributed by atoms with Crippen molar-refractivity contribution >= 4 is 29.1 Å². The van der Waals surface area contributed by atoms with Crippen molar-refractivity contribution in [1.29, 1.82) is 0 Å². The SMILES string of the molecule is CCOCCOc1ccccc1C(=O)NC(C)c1ccc(Cl)cc1Cl. The first kappa shape index (κ1) is 19.6. The molecule has 2 aromatic carbocycles. The molecule has 0 spiro atoms. The number of carbonyl (C=O) groups excluding carboxylic acids is 1. The molecule has 0 fully saturated rings. The molecule has 0 saturated heterocycles. The van der Waals surface area contributed by atoms with E-state index in [1.807, 2.05) is 19.9 Å². The number of benzene rings is 2. The number of ether oxygens (including phenoxy) is 2. The lowest BCUT2D eigenvalue weighted by atomic mass is 10.1. The summed E-state index contributed by atoms with van der Waals surface area (Å²) in [7, 11) is 0. The number of amides is 1. The van der Waals surface area contributed by atoms with Crippen LogP contribution in [0.2, 0.25) is 10.0 Å². The molecule has 2 aromatic rings. The Balaban J connectivity index is 2.07. The number of halogens is 2. The van der Waals surface area contributed by atoms with Crippen molar-refractivity contribution in [1.82, 2.24) is 5.32 Å². The highest BCUT2D eigenvalue weighted by molar-refractivity contribution is 6.35. The van der Waals surface area contributed by atoms with E-state index >= 15 is 0 Å². The van der Waals surface area contributed by atoms with Gasteiger partial charge in [-0.25, -0.2) is 0 Å². The van der Waals surface area contributed by atoms with Crippen molar-refractivity contribution in [2.45, 2.75) is 19.9 Å². The van der Waals surface area contributed by atoms with Gasteiger partial charge in [0.1, 0.15) is 12.4 Å². The van der Waals surface area contributed by atoms with Crippen LogP contribution in [0.1, 0.15) is 35.8 Å². The van der Waals surface area contributed by atoms with Gasteiger partial charge in [-0.1, -0.05) is 41.4 Å². The maximum Gasteiger partial charge on any atom is 0.255 e. The fourth-order valence-corrected chi connectivity index (χ4v) is 2.91. The maximum atomic E-state index is 12.6. The molecule has 1 amide bonds. The van der Waals surface area contributed by atoms with E-state index in [1.165, 1.54) is 0 Å². The third-order valence-electron chi connectivity index (χ3n) is 3.60. The van der Waals surface area contributed by atoms with Crippen LogP contribution in [-0.4, -0.2) is 25.7 Å². The van der Waals surface area contributed by atoms with Gasteiger partial charge in [0.05, 0.1) is 18.2 Å². The molecule has 1 atom stereocenters. The van der Waals surface area contributed by atoms with Crippen molar-refractivity contribution in [2.75, 3.05) is 19.8 Å². The van der Waals surface area contributed by atoms with Crippen LogP contribution in [-0.2, 0) is 4.74 Å². The van der Waals surface area contributed by atoms with E-state index in [0.29, 0.717) is 41.2 Å². The summed E-state index contributed by atoms with van der Waals surface area (Å²) < 4.78 is 10.9. The Labute approximate surface area is 158 Å². The summed E-state index contributed by atoms with van der Waals surface area (Å²) in [5, 5.41) is 4.01. The number of rotatable bonds is 8. The normalized spacial score (nSPS) is 11.8. The van der Waals surface area contributed by atoms with Gasteiger partial charge >= 0.3 is 0 Å². The molecule has 134 valence electrons. The summed E-state index contributed by atoms with van der Waals surface area (Å²) >= 11 is 12.1. The molecule has 0 bridgehead atoms. The Morgan fingerprint density at radius 3 is 2.64 bits per heavy atom. The van der Waals surface area contributed by atoms with Crippen molar-refractivity contribution in [3.63, 3.8) is 0 Å². The molecule has 1 unspecified atom stereocenters. The van der Waals surface area contributed by atoms with Gasteiger partial charge in [-0.05, 0) is 43.7 Å². The zero-order valence-corrected chi connectivity index (χ0v) is 15.7. The van der Waals surface area contributed by atoms with Crippen LogP contribution in [0.5, 0.6) is 5.75 Å². The zero-order chi connectivity index (χ0) is 18.2. The van der Waals surface area contributed by atoms with Gasteiger partial charge in [0, 0.05) is 16.7 Å². The van der Waals surface area contributed by atoms with Crippen LogP contribution >= 0.6 is 23.2 Å². The van der Waals surface area contributed by atoms with Crippen molar-refractivity contribution in [3.8, 4) is 5.75 Å². The van der Waals surface area contributed by atoms with Gasteiger partial charge < -0.3 is 14.8 Å². The van der Waals surface area contributed by atoms with Gasteiger partial charge in [0.25, 0.3) is 5.91 Å². The van der Waals surface area contributed by atoms with Crippen molar-refractivity contribution in [2.24, 2.45) is 0 Å². The fraction of sp³-hybridized carbons (Fsp3) is 0.316. The Morgan fingerprint density at radius 2 is 1.92 bits per heavy atom. The Morgan fingerprint density at radius 1 is 1.16 bits per heavy atom. The smallest absolute Gasteiger partial charge is 0.255 e. The molecular weight excluding hydrogens is 361 g/mol. The molecule has 0 heterocycles. The Bertz CT molecular complexity index is 722. The molecule has 6 heteroatoms. The van der Waals surface area contributed by atoms with Crippen LogP contribution in [0.3, 0.4) is 0 Å². The average molecular weight is 382 g/mol. The van der Waals surface area contributed by atoms with E-state index in [0.717, 1.165) is 5.56 Å². The van der Waals surface area contributed by atoms with Crippen LogP contribution in [0, 0.1) is 0 Å². The highest BCUT2D eigenvalue weighted by Crippen LogP contribution is 2.27. The topological polar surface area (TPSA) is 47.6 Å². The minimum atomic E-state index is -0.270. The van der Waals surface area contributed by atoms with Gasteiger partial charge in [-0.15, -0.1) is 0 Å². The van der Waals surface area contributed by atoms with Crippen LogP contribution < -0.4 is 10.1 Å². The predicted octanol–water partition coefficient (Wildman–Crippen LogP) is 4.90. The highest BCUT2D eigenvalue weighted by Gasteiger charge is 2.17. The van der Waals surface area contributed by atoms with Crippen molar-refractivity contribution in [3.05, 3.63) is 63.6 Å². The first-order valence-corrected chi connectivity index (χ1v) is 8.84. The van der Waals surface area contributed by atoms with Crippen molar-refractivity contribution < 1.29 is 14.3 Å². The third kappa shape index (κ3) is 5.63. The first-order valence-electron chi connectivity index (χ1n) is 8.08. The zero-order valence-electron chi connectivity index (χ0n) is 14.2. The molecule has 25 heavy (non-hydrogen) atoms. The van der Waals surface area contributed by atoms with E-state index in [4.69, 9.17) is 32.7 Å². The molecule has 0 aliphatic rings. The second-order valence-corrected chi connectivity index (χ2v) is 6.25.